The number of hydrogen-bond donors (Lipinski definition) is 2. The zero-order chi connectivity index (χ0) is 15.2. The lowest BCUT2D eigenvalue weighted by Gasteiger charge is -2.32. The van der Waals surface area contributed by atoms with E-state index in [2.05, 4.69) is 10.2 Å². The molecular formula is C16H24FN3O. The fraction of sp³-hybridized carbons (Fsp3) is 0.562. The first-order chi connectivity index (χ1) is 10.1. The van der Waals surface area contributed by atoms with E-state index in [0.717, 1.165) is 38.0 Å². The fourth-order valence-corrected chi connectivity index (χ4v) is 2.79. The van der Waals surface area contributed by atoms with Crippen LogP contribution in [0.4, 0.5) is 4.39 Å². The Morgan fingerprint density at radius 1 is 1.38 bits per heavy atom. The van der Waals surface area contributed by atoms with Gasteiger partial charge in [0.15, 0.2) is 0 Å². The lowest BCUT2D eigenvalue weighted by Crippen LogP contribution is -2.38. The van der Waals surface area contributed by atoms with Gasteiger partial charge in [0.1, 0.15) is 5.82 Å². The van der Waals surface area contributed by atoms with Gasteiger partial charge in [-0.05, 0) is 31.8 Å². The standard InChI is InChI=1S/C16H24FN3O/c1-12(21)19-10-13-5-7-20(8-6-13)11-15-4-2-3-14(9-18)16(15)17/h2-4,13H,5-11,18H2,1H3,(H,19,21). The van der Waals surface area contributed by atoms with Crippen LogP contribution in [-0.2, 0) is 17.9 Å². The van der Waals surface area contributed by atoms with Gasteiger partial charge in [0.2, 0.25) is 5.91 Å². The highest BCUT2D eigenvalue weighted by Crippen LogP contribution is 2.20. The maximum Gasteiger partial charge on any atom is 0.216 e. The number of likely N-dealkylation sites (tertiary alicyclic amines) is 1. The first-order valence-electron chi connectivity index (χ1n) is 7.53. The summed E-state index contributed by atoms with van der Waals surface area (Å²) < 4.78 is 14.2. The molecule has 116 valence electrons. The topological polar surface area (TPSA) is 58.4 Å². The molecule has 0 spiro atoms. The Morgan fingerprint density at radius 3 is 2.67 bits per heavy atom. The summed E-state index contributed by atoms with van der Waals surface area (Å²) in [6.45, 7) is 5.04. The number of halogens is 1. The Kier molecular flexibility index (Phi) is 5.70. The first kappa shape index (κ1) is 15.9. The molecule has 0 aliphatic carbocycles. The molecule has 21 heavy (non-hydrogen) atoms. The van der Waals surface area contributed by atoms with Gasteiger partial charge in [-0.2, -0.15) is 0 Å². The Morgan fingerprint density at radius 2 is 2.05 bits per heavy atom. The molecule has 0 bridgehead atoms. The van der Waals surface area contributed by atoms with Crippen LogP contribution in [0.5, 0.6) is 0 Å². The summed E-state index contributed by atoms with van der Waals surface area (Å²) >= 11 is 0. The second-order valence-corrected chi connectivity index (χ2v) is 5.75. The van der Waals surface area contributed by atoms with E-state index in [4.69, 9.17) is 5.73 Å². The van der Waals surface area contributed by atoms with Crippen molar-refractivity contribution in [3.63, 3.8) is 0 Å². The van der Waals surface area contributed by atoms with Gasteiger partial charge in [-0.3, -0.25) is 9.69 Å². The number of amides is 1. The van der Waals surface area contributed by atoms with E-state index >= 15 is 0 Å². The molecule has 1 amide bonds. The number of carbonyl (C=O) groups is 1. The molecule has 1 aliphatic rings. The summed E-state index contributed by atoms with van der Waals surface area (Å²) in [5.41, 5.74) is 6.84. The molecule has 3 N–H and O–H groups in total. The lowest BCUT2D eigenvalue weighted by atomic mass is 9.96. The highest BCUT2D eigenvalue weighted by atomic mass is 19.1. The SMILES string of the molecule is CC(=O)NCC1CCN(Cc2cccc(CN)c2F)CC1. The van der Waals surface area contributed by atoms with Gasteiger partial charge in [0, 0.05) is 37.7 Å². The summed E-state index contributed by atoms with van der Waals surface area (Å²) in [5, 5.41) is 2.87. The third-order valence-electron chi connectivity index (χ3n) is 4.12. The minimum atomic E-state index is -0.166. The highest BCUT2D eigenvalue weighted by Gasteiger charge is 2.20. The molecule has 0 atom stereocenters. The Bertz CT molecular complexity index is 484. The van der Waals surface area contributed by atoms with Crippen LogP contribution in [-0.4, -0.2) is 30.4 Å². The van der Waals surface area contributed by atoms with E-state index in [1.165, 1.54) is 0 Å². The molecule has 2 rings (SSSR count). The van der Waals surface area contributed by atoms with Gasteiger partial charge in [0.05, 0.1) is 0 Å². The van der Waals surface area contributed by atoms with Crippen LogP contribution >= 0.6 is 0 Å². The zero-order valence-electron chi connectivity index (χ0n) is 12.6. The summed E-state index contributed by atoms with van der Waals surface area (Å²) in [6, 6.07) is 5.43. The van der Waals surface area contributed by atoms with E-state index in [1.54, 1.807) is 13.0 Å². The Hall–Kier alpha value is -1.46. The van der Waals surface area contributed by atoms with Gasteiger partial charge in [-0.1, -0.05) is 18.2 Å². The van der Waals surface area contributed by atoms with Crippen LogP contribution in [0.3, 0.4) is 0 Å². The van der Waals surface area contributed by atoms with Gasteiger partial charge in [0.25, 0.3) is 0 Å². The number of benzene rings is 1. The number of nitrogens with two attached hydrogens (primary N) is 1. The van der Waals surface area contributed by atoms with Crippen molar-refractivity contribution < 1.29 is 9.18 Å². The molecule has 0 radical (unpaired) electrons. The first-order valence-corrected chi connectivity index (χ1v) is 7.53. The minimum absolute atomic E-state index is 0.0260. The largest absolute Gasteiger partial charge is 0.356 e. The third-order valence-corrected chi connectivity index (χ3v) is 4.12. The fourth-order valence-electron chi connectivity index (χ4n) is 2.79. The summed E-state index contributed by atoms with van der Waals surface area (Å²) in [5.74, 6) is 0.392. The predicted molar refractivity (Wildman–Crippen MR) is 81.0 cm³/mol. The Balaban J connectivity index is 1.85. The van der Waals surface area contributed by atoms with Crippen molar-refractivity contribution >= 4 is 5.91 Å². The van der Waals surface area contributed by atoms with Gasteiger partial charge < -0.3 is 11.1 Å². The molecule has 4 nitrogen and oxygen atoms in total. The van der Waals surface area contributed by atoms with Crippen LogP contribution < -0.4 is 11.1 Å². The van der Waals surface area contributed by atoms with Crippen molar-refractivity contribution in [2.45, 2.75) is 32.9 Å². The molecule has 1 saturated heterocycles. The quantitative estimate of drug-likeness (QED) is 0.867. The van der Waals surface area contributed by atoms with Gasteiger partial charge >= 0.3 is 0 Å². The zero-order valence-corrected chi connectivity index (χ0v) is 12.6. The van der Waals surface area contributed by atoms with Crippen molar-refractivity contribution in [2.24, 2.45) is 11.7 Å². The van der Waals surface area contributed by atoms with Crippen molar-refractivity contribution in [3.8, 4) is 0 Å². The molecule has 5 heteroatoms. The van der Waals surface area contributed by atoms with Crippen LogP contribution in [0.25, 0.3) is 0 Å². The van der Waals surface area contributed by atoms with Crippen LogP contribution in [0, 0.1) is 11.7 Å². The number of piperidine rings is 1. The normalized spacial score (nSPS) is 16.9. The molecule has 1 aromatic rings. The number of nitrogens with zero attached hydrogens (tertiary/aromatic N) is 1. The second-order valence-electron chi connectivity index (χ2n) is 5.75. The minimum Gasteiger partial charge on any atom is -0.356 e. The summed E-state index contributed by atoms with van der Waals surface area (Å²) in [6.07, 6.45) is 2.08. The number of carbonyl (C=O) groups excluding carboxylic acids is 1. The average Bonchev–Trinajstić information content (AvgIpc) is 2.48. The highest BCUT2D eigenvalue weighted by molar-refractivity contribution is 5.72. The van der Waals surface area contributed by atoms with E-state index in [1.807, 2.05) is 12.1 Å². The maximum absolute atomic E-state index is 14.2. The molecule has 1 heterocycles. The van der Waals surface area contributed by atoms with Crippen molar-refractivity contribution in [2.75, 3.05) is 19.6 Å². The maximum atomic E-state index is 14.2. The van der Waals surface area contributed by atoms with Crippen LogP contribution in [0.15, 0.2) is 18.2 Å². The van der Waals surface area contributed by atoms with Crippen LogP contribution in [0.2, 0.25) is 0 Å². The monoisotopic (exact) mass is 293 g/mol. The molecule has 1 fully saturated rings. The second kappa shape index (κ2) is 7.52. The van der Waals surface area contributed by atoms with E-state index in [9.17, 15) is 9.18 Å². The number of hydrogen-bond acceptors (Lipinski definition) is 3. The third kappa shape index (κ3) is 4.51. The van der Waals surface area contributed by atoms with E-state index in [-0.39, 0.29) is 18.3 Å². The van der Waals surface area contributed by atoms with Crippen molar-refractivity contribution in [3.05, 3.63) is 35.1 Å². The van der Waals surface area contributed by atoms with Gasteiger partial charge in [-0.25, -0.2) is 4.39 Å². The van der Waals surface area contributed by atoms with Crippen molar-refractivity contribution in [1.29, 1.82) is 0 Å². The molecule has 0 unspecified atom stereocenters. The molecular weight excluding hydrogens is 269 g/mol. The molecule has 0 saturated carbocycles. The number of rotatable bonds is 5. The summed E-state index contributed by atoms with van der Waals surface area (Å²) in [7, 11) is 0. The van der Waals surface area contributed by atoms with E-state index in [0.29, 0.717) is 18.0 Å². The molecule has 0 aromatic heterocycles. The van der Waals surface area contributed by atoms with Crippen LogP contribution in [0.1, 0.15) is 30.9 Å². The Labute approximate surface area is 125 Å². The molecule has 1 aliphatic heterocycles. The average molecular weight is 293 g/mol. The smallest absolute Gasteiger partial charge is 0.216 e. The van der Waals surface area contributed by atoms with E-state index < -0.39 is 0 Å². The number of nitrogens with one attached hydrogen (secondary N) is 1. The lowest BCUT2D eigenvalue weighted by molar-refractivity contribution is -0.119. The molecule has 1 aromatic carbocycles. The summed E-state index contributed by atoms with van der Waals surface area (Å²) in [4.78, 5) is 13.2. The van der Waals surface area contributed by atoms with Gasteiger partial charge in [-0.15, -0.1) is 0 Å². The predicted octanol–water partition coefficient (Wildman–Crippen LogP) is 1.63. The van der Waals surface area contributed by atoms with Crippen molar-refractivity contribution in [1.82, 2.24) is 10.2 Å².